The Morgan fingerprint density at radius 2 is 1.58 bits per heavy atom. The van der Waals surface area contributed by atoms with Crippen LogP contribution in [0.3, 0.4) is 0 Å². The lowest BCUT2D eigenvalue weighted by Crippen LogP contribution is -2.43. The van der Waals surface area contributed by atoms with Crippen LogP contribution in [0.5, 0.6) is 17.2 Å². The van der Waals surface area contributed by atoms with Crippen LogP contribution < -0.4 is 13.9 Å². The summed E-state index contributed by atoms with van der Waals surface area (Å²) in [4.78, 5) is 25.9. The van der Waals surface area contributed by atoms with E-state index in [4.69, 9.17) is 18.6 Å². The fourth-order valence-corrected chi connectivity index (χ4v) is 3.75. The van der Waals surface area contributed by atoms with Crippen molar-refractivity contribution < 1.29 is 28.2 Å². The standard InChI is InChI=1S/C25H35NO6Si/c1-25(2,3)33(6,7)32-20-13-11-19(12-14-20)15-16-26(18-23(27)30-5)24(28)31-22-10-8-9-21(17-22)29-4/h8-14,17H,15-16,18H2,1-7H3. The molecule has 33 heavy (non-hydrogen) atoms. The Bertz CT molecular complexity index is 937. The van der Waals surface area contributed by atoms with Gasteiger partial charge in [-0.1, -0.05) is 39.0 Å². The summed E-state index contributed by atoms with van der Waals surface area (Å²) in [5.41, 5.74) is 1.02. The Labute approximate surface area is 197 Å². The molecule has 0 unspecified atom stereocenters. The lowest BCUT2D eigenvalue weighted by atomic mass is 10.1. The molecule has 0 fully saturated rings. The Kier molecular flexibility index (Phi) is 8.93. The molecule has 180 valence electrons. The molecule has 0 aliphatic carbocycles. The van der Waals surface area contributed by atoms with Gasteiger partial charge in [0.25, 0.3) is 0 Å². The fourth-order valence-electron chi connectivity index (χ4n) is 2.72. The van der Waals surface area contributed by atoms with Crippen LogP contribution >= 0.6 is 0 Å². The molecule has 0 radical (unpaired) electrons. The normalized spacial score (nSPS) is 11.5. The Morgan fingerprint density at radius 3 is 2.15 bits per heavy atom. The molecule has 2 aromatic carbocycles. The molecule has 0 heterocycles. The maximum Gasteiger partial charge on any atom is 0.415 e. The van der Waals surface area contributed by atoms with Gasteiger partial charge >= 0.3 is 12.1 Å². The van der Waals surface area contributed by atoms with Gasteiger partial charge in [0.15, 0.2) is 0 Å². The third-order valence-corrected chi connectivity index (χ3v) is 10.2. The summed E-state index contributed by atoms with van der Waals surface area (Å²) in [5.74, 6) is 1.23. The van der Waals surface area contributed by atoms with Gasteiger partial charge in [0.05, 0.1) is 14.2 Å². The van der Waals surface area contributed by atoms with Crippen LogP contribution in [-0.4, -0.2) is 52.6 Å². The smallest absolute Gasteiger partial charge is 0.415 e. The van der Waals surface area contributed by atoms with Gasteiger partial charge < -0.3 is 18.6 Å². The SMILES string of the molecule is COC(=O)CN(CCc1ccc(O[Si](C)(C)C(C)(C)C)cc1)C(=O)Oc1cccc(OC)c1. The molecule has 8 heteroatoms. The molecule has 0 aliphatic heterocycles. The van der Waals surface area contributed by atoms with Crippen molar-refractivity contribution in [2.75, 3.05) is 27.3 Å². The van der Waals surface area contributed by atoms with E-state index in [0.29, 0.717) is 24.5 Å². The number of carbonyl (C=O) groups excluding carboxylic acids is 2. The first-order valence-corrected chi connectivity index (χ1v) is 13.8. The number of methoxy groups -OCH3 is 2. The van der Waals surface area contributed by atoms with Gasteiger partial charge in [-0.05, 0) is 54.4 Å². The zero-order chi connectivity index (χ0) is 24.6. The van der Waals surface area contributed by atoms with E-state index in [2.05, 4.69) is 33.9 Å². The largest absolute Gasteiger partial charge is 0.544 e. The minimum atomic E-state index is -1.91. The van der Waals surface area contributed by atoms with E-state index < -0.39 is 20.4 Å². The topological polar surface area (TPSA) is 74.3 Å². The Hall–Kier alpha value is -3.00. The zero-order valence-corrected chi connectivity index (χ0v) is 21.6. The van der Waals surface area contributed by atoms with Crippen LogP contribution in [-0.2, 0) is 16.0 Å². The summed E-state index contributed by atoms with van der Waals surface area (Å²) in [6.07, 6.45) is -0.0866. The summed E-state index contributed by atoms with van der Waals surface area (Å²) >= 11 is 0. The Morgan fingerprint density at radius 1 is 0.939 bits per heavy atom. The van der Waals surface area contributed by atoms with Crippen LogP contribution in [0.2, 0.25) is 18.1 Å². The molecule has 0 aromatic heterocycles. The summed E-state index contributed by atoms with van der Waals surface area (Å²) in [6.45, 7) is 11.1. The van der Waals surface area contributed by atoms with E-state index >= 15 is 0 Å². The fraction of sp³-hybridized carbons (Fsp3) is 0.440. The number of ether oxygens (including phenoxy) is 3. The van der Waals surface area contributed by atoms with Crippen molar-refractivity contribution in [1.29, 1.82) is 0 Å². The van der Waals surface area contributed by atoms with Gasteiger partial charge in [0.1, 0.15) is 23.8 Å². The van der Waals surface area contributed by atoms with Gasteiger partial charge in [-0.25, -0.2) is 4.79 Å². The molecule has 0 bridgehead atoms. The van der Waals surface area contributed by atoms with Crippen molar-refractivity contribution in [3.63, 3.8) is 0 Å². The van der Waals surface area contributed by atoms with Crippen LogP contribution in [0, 0.1) is 0 Å². The lowest BCUT2D eigenvalue weighted by molar-refractivity contribution is -0.141. The predicted molar refractivity (Wildman–Crippen MR) is 131 cm³/mol. The van der Waals surface area contributed by atoms with E-state index in [9.17, 15) is 9.59 Å². The zero-order valence-electron chi connectivity index (χ0n) is 20.6. The number of amides is 1. The first-order valence-electron chi connectivity index (χ1n) is 10.9. The summed E-state index contributed by atoms with van der Waals surface area (Å²) in [7, 11) is 0.911. The van der Waals surface area contributed by atoms with Crippen molar-refractivity contribution >= 4 is 20.4 Å². The van der Waals surface area contributed by atoms with Gasteiger partial charge in [-0.2, -0.15) is 0 Å². The number of benzene rings is 2. The number of hydrogen-bond acceptors (Lipinski definition) is 6. The van der Waals surface area contributed by atoms with E-state index in [1.165, 1.54) is 19.1 Å². The van der Waals surface area contributed by atoms with Crippen LogP contribution in [0.1, 0.15) is 26.3 Å². The molecule has 0 saturated carbocycles. The third-order valence-electron chi connectivity index (χ3n) is 5.83. The average Bonchev–Trinajstić information content (AvgIpc) is 2.76. The van der Waals surface area contributed by atoms with Gasteiger partial charge in [-0.15, -0.1) is 0 Å². The van der Waals surface area contributed by atoms with Gasteiger partial charge in [0.2, 0.25) is 8.32 Å². The lowest BCUT2D eigenvalue weighted by Gasteiger charge is -2.36. The van der Waals surface area contributed by atoms with Crippen molar-refractivity contribution in [3.05, 3.63) is 54.1 Å². The highest BCUT2D eigenvalue weighted by atomic mass is 28.4. The first kappa shape index (κ1) is 26.3. The summed E-state index contributed by atoms with van der Waals surface area (Å²) in [5, 5.41) is 0.114. The van der Waals surface area contributed by atoms with Crippen molar-refractivity contribution in [1.82, 2.24) is 4.90 Å². The molecule has 2 aromatic rings. The van der Waals surface area contributed by atoms with Crippen molar-refractivity contribution in [2.45, 2.75) is 45.3 Å². The van der Waals surface area contributed by atoms with Crippen LogP contribution in [0.15, 0.2) is 48.5 Å². The number of rotatable bonds is 9. The monoisotopic (exact) mass is 473 g/mol. The first-order chi connectivity index (χ1) is 15.4. The predicted octanol–water partition coefficient (Wildman–Crippen LogP) is 5.30. The van der Waals surface area contributed by atoms with E-state index in [-0.39, 0.29) is 11.6 Å². The van der Waals surface area contributed by atoms with E-state index in [1.54, 1.807) is 24.3 Å². The highest BCUT2D eigenvalue weighted by Crippen LogP contribution is 2.37. The van der Waals surface area contributed by atoms with Gasteiger partial charge in [0, 0.05) is 12.6 Å². The molecular formula is C25H35NO6Si. The number of esters is 1. The molecule has 0 spiro atoms. The van der Waals surface area contributed by atoms with Gasteiger partial charge in [-0.3, -0.25) is 9.69 Å². The van der Waals surface area contributed by atoms with Crippen LogP contribution in [0.4, 0.5) is 4.79 Å². The second kappa shape index (κ2) is 11.2. The molecule has 0 aliphatic rings. The molecule has 0 saturated heterocycles. The molecular weight excluding hydrogens is 438 g/mol. The second-order valence-corrected chi connectivity index (χ2v) is 14.0. The minimum absolute atomic E-state index is 0.114. The third kappa shape index (κ3) is 7.82. The number of carbonyl (C=O) groups is 2. The highest BCUT2D eigenvalue weighted by Gasteiger charge is 2.38. The van der Waals surface area contributed by atoms with Crippen molar-refractivity contribution in [2.24, 2.45) is 0 Å². The summed E-state index contributed by atoms with van der Waals surface area (Å²) in [6, 6.07) is 14.6. The Balaban J connectivity index is 2.05. The highest BCUT2D eigenvalue weighted by molar-refractivity contribution is 6.74. The number of nitrogens with zero attached hydrogens (tertiary/aromatic N) is 1. The quantitative estimate of drug-likeness (QED) is 0.364. The molecule has 7 nitrogen and oxygen atoms in total. The molecule has 1 amide bonds. The summed E-state index contributed by atoms with van der Waals surface area (Å²) < 4.78 is 21.7. The second-order valence-electron chi connectivity index (χ2n) is 9.30. The average molecular weight is 474 g/mol. The van der Waals surface area contributed by atoms with E-state index in [0.717, 1.165) is 11.3 Å². The van der Waals surface area contributed by atoms with Crippen LogP contribution in [0.25, 0.3) is 0 Å². The maximum absolute atomic E-state index is 12.7. The maximum atomic E-state index is 12.7. The van der Waals surface area contributed by atoms with E-state index in [1.807, 2.05) is 24.3 Å². The molecule has 0 N–H and O–H groups in total. The molecule has 2 rings (SSSR count). The minimum Gasteiger partial charge on any atom is -0.544 e. The van der Waals surface area contributed by atoms with Crippen molar-refractivity contribution in [3.8, 4) is 17.2 Å². The molecule has 0 atom stereocenters. The number of hydrogen-bond donors (Lipinski definition) is 0.